The Morgan fingerprint density at radius 3 is 2.50 bits per heavy atom. The quantitative estimate of drug-likeness (QED) is 0.278. The smallest absolute Gasteiger partial charge is 0.305 e. The molecule has 0 spiro atoms. The topological polar surface area (TPSA) is 109 Å². The number of nitrogens with zero attached hydrogens (tertiary/aromatic N) is 1. The van der Waals surface area contributed by atoms with E-state index in [0.29, 0.717) is 22.2 Å². The largest absolute Gasteiger partial charge is 0.484 e. The molecule has 1 fully saturated rings. The highest BCUT2D eigenvalue weighted by Crippen LogP contribution is 2.53. The second kappa shape index (κ2) is 10.7. The lowest BCUT2D eigenvalue weighted by atomic mass is 9.83. The normalized spacial score (nSPS) is 19.8. The van der Waals surface area contributed by atoms with Crippen molar-refractivity contribution >= 4 is 68.1 Å². The summed E-state index contributed by atoms with van der Waals surface area (Å²) in [4.78, 5) is 56.5. The number of aryl methyl sites for hydroxylation is 1. The Balaban J connectivity index is 1.24. The van der Waals surface area contributed by atoms with Crippen LogP contribution in [0.1, 0.15) is 21.9 Å². The van der Waals surface area contributed by atoms with Crippen molar-refractivity contribution in [2.24, 2.45) is 5.92 Å². The van der Waals surface area contributed by atoms with E-state index >= 15 is 0 Å². The summed E-state index contributed by atoms with van der Waals surface area (Å²) in [5.74, 6) is -1.56. The van der Waals surface area contributed by atoms with Crippen molar-refractivity contribution in [3.05, 3.63) is 103 Å². The van der Waals surface area contributed by atoms with Crippen LogP contribution in [-0.4, -0.2) is 34.6 Å². The van der Waals surface area contributed by atoms with Gasteiger partial charge in [-0.15, -0.1) is 0 Å². The molecule has 2 aliphatic heterocycles. The number of ether oxygens (including phenoxy) is 1. The van der Waals surface area contributed by atoms with Gasteiger partial charge >= 0.3 is 4.87 Å². The summed E-state index contributed by atoms with van der Waals surface area (Å²) in [5.41, 5.74) is 3.03. The summed E-state index contributed by atoms with van der Waals surface area (Å²) < 4.78 is 6.53. The molecule has 1 aromatic heterocycles. The number of carbonyl (C=O) groups is 3. The maximum atomic E-state index is 13.8. The molecule has 3 heterocycles. The third kappa shape index (κ3) is 5.00. The van der Waals surface area contributed by atoms with Crippen LogP contribution in [-0.2, 0) is 14.4 Å². The molecule has 2 aliphatic rings. The maximum Gasteiger partial charge on any atom is 0.305 e. The van der Waals surface area contributed by atoms with Gasteiger partial charge < -0.3 is 15.0 Å². The summed E-state index contributed by atoms with van der Waals surface area (Å²) in [5, 5.41) is 2.76. The number of amides is 3. The molecule has 0 radical (unpaired) electrons. The van der Waals surface area contributed by atoms with Crippen molar-refractivity contribution in [2.45, 2.75) is 23.1 Å². The van der Waals surface area contributed by atoms with E-state index in [9.17, 15) is 19.2 Å². The Morgan fingerprint density at radius 2 is 1.77 bits per heavy atom. The fraction of sp³-hybridized carbons (Fsp3) is 0.172. The number of hydrogen-bond donors (Lipinski definition) is 2. The third-order valence-corrected chi connectivity index (χ3v) is 9.75. The zero-order chi connectivity index (χ0) is 28.0. The average molecular weight is 637 g/mol. The average Bonchev–Trinajstić information content (AvgIpc) is 3.42. The summed E-state index contributed by atoms with van der Waals surface area (Å²) >= 11 is 5.69. The number of carbonyl (C=O) groups excluding carboxylic acids is 3. The highest BCUT2D eigenvalue weighted by Gasteiger charge is 2.56. The summed E-state index contributed by atoms with van der Waals surface area (Å²) in [6.45, 7) is 1.78. The van der Waals surface area contributed by atoms with E-state index in [1.165, 1.54) is 16.7 Å². The number of thiazole rings is 1. The van der Waals surface area contributed by atoms with Gasteiger partial charge in [-0.05, 0) is 66.6 Å². The first kappa shape index (κ1) is 26.5. The molecule has 3 amide bonds. The molecule has 3 atom stereocenters. The lowest BCUT2D eigenvalue weighted by molar-refractivity contribution is -0.122. The molecule has 11 heteroatoms. The number of aromatic nitrogens is 1. The van der Waals surface area contributed by atoms with Crippen molar-refractivity contribution in [1.29, 1.82) is 0 Å². The van der Waals surface area contributed by atoms with Crippen LogP contribution in [0.3, 0.4) is 0 Å². The molecule has 1 saturated heterocycles. The standard InChI is InChI=1S/C29H22BrN3O5S2/c1-15-3-2-4-18(13-15)31-21(34)14-38-20-11-5-16(6-12-20)22-23-25(39-26-24(22)40-29(37)32-26)28(36)33(27(23)35)19-9-7-17(30)8-10-19/h2-13,22-23,25H,14H2,1H3,(H,31,34)(H,32,37)/t22-,23?,25?/m1/s1. The lowest BCUT2D eigenvalue weighted by Gasteiger charge is -2.29. The van der Waals surface area contributed by atoms with Crippen molar-refractivity contribution in [2.75, 3.05) is 16.8 Å². The Morgan fingerprint density at radius 1 is 1.02 bits per heavy atom. The van der Waals surface area contributed by atoms with Crippen LogP contribution < -0.4 is 19.8 Å². The summed E-state index contributed by atoms with van der Waals surface area (Å²) in [6.07, 6.45) is 0. The first-order valence-electron chi connectivity index (χ1n) is 12.4. The van der Waals surface area contributed by atoms with Gasteiger partial charge in [-0.25, -0.2) is 4.90 Å². The van der Waals surface area contributed by atoms with Gasteiger partial charge in [-0.2, -0.15) is 0 Å². The summed E-state index contributed by atoms with van der Waals surface area (Å²) in [6, 6.07) is 21.6. The molecule has 2 unspecified atom stereocenters. The van der Waals surface area contributed by atoms with Gasteiger partial charge in [-0.3, -0.25) is 19.2 Å². The summed E-state index contributed by atoms with van der Waals surface area (Å²) in [7, 11) is 0. The van der Waals surface area contributed by atoms with E-state index in [4.69, 9.17) is 4.74 Å². The number of nitrogens with one attached hydrogen (secondary N) is 2. The van der Waals surface area contributed by atoms with Gasteiger partial charge in [0.2, 0.25) is 11.8 Å². The SMILES string of the molecule is Cc1cccc(NC(=O)COc2ccc([C@H]3c4sc(=O)[nH]c4SC4C(=O)N(c5ccc(Br)cc5)C(=O)C43)cc2)c1. The number of rotatable bonds is 6. The van der Waals surface area contributed by atoms with Crippen LogP contribution in [0.5, 0.6) is 5.75 Å². The predicted molar refractivity (Wildman–Crippen MR) is 158 cm³/mol. The molecule has 0 saturated carbocycles. The molecule has 4 aromatic rings. The third-order valence-electron chi connectivity index (χ3n) is 6.82. The molecule has 3 aromatic carbocycles. The van der Waals surface area contributed by atoms with Crippen LogP contribution in [0.4, 0.5) is 11.4 Å². The Bertz CT molecular complexity index is 1680. The highest BCUT2D eigenvalue weighted by atomic mass is 79.9. The second-order valence-corrected chi connectivity index (χ2v) is 12.6. The van der Waals surface area contributed by atoms with Crippen LogP contribution in [0, 0.1) is 12.8 Å². The first-order valence-corrected chi connectivity index (χ1v) is 14.9. The van der Waals surface area contributed by atoms with Gasteiger partial charge in [0, 0.05) is 21.0 Å². The maximum absolute atomic E-state index is 13.8. The van der Waals surface area contributed by atoms with Crippen molar-refractivity contribution in [3.8, 4) is 5.75 Å². The van der Waals surface area contributed by atoms with E-state index < -0.39 is 17.1 Å². The zero-order valence-corrected chi connectivity index (χ0v) is 24.3. The molecule has 40 heavy (non-hydrogen) atoms. The minimum Gasteiger partial charge on any atom is -0.484 e. The number of halogens is 1. The molecule has 6 rings (SSSR count). The number of aromatic amines is 1. The van der Waals surface area contributed by atoms with Gasteiger partial charge in [0.1, 0.15) is 11.0 Å². The molecule has 0 aliphatic carbocycles. The van der Waals surface area contributed by atoms with Crippen molar-refractivity contribution in [1.82, 2.24) is 4.98 Å². The van der Waals surface area contributed by atoms with Gasteiger partial charge in [0.25, 0.3) is 5.91 Å². The fourth-order valence-corrected chi connectivity index (χ4v) is 7.84. The monoisotopic (exact) mass is 635 g/mol. The fourth-order valence-electron chi connectivity index (χ4n) is 5.06. The molecule has 0 bridgehead atoms. The molecule has 2 N–H and O–H groups in total. The molecular formula is C29H22BrN3O5S2. The number of H-pyrrole nitrogens is 1. The van der Waals surface area contributed by atoms with Crippen LogP contribution in [0.25, 0.3) is 0 Å². The predicted octanol–water partition coefficient (Wildman–Crippen LogP) is 5.32. The zero-order valence-electron chi connectivity index (χ0n) is 21.1. The van der Waals surface area contributed by atoms with Gasteiger partial charge in [-0.1, -0.05) is 63.3 Å². The second-order valence-electron chi connectivity index (χ2n) is 9.51. The number of benzene rings is 3. The Kier molecular flexibility index (Phi) is 7.11. The van der Waals surface area contributed by atoms with Crippen LogP contribution in [0.15, 0.2) is 87.1 Å². The van der Waals surface area contributed by atoms with E-state index in [1.54, 1.807) is 36.4 Å². The van der Waals surface area contributed by atoms with Crippen molar-refractivity contribution < 1.29 is 19.1 Å². The van der Waals surface area contributed by atoms with Gasteiger partial charge in [0.05, 0.1) is 16.6 Å². The molecule has 202 valence electrons. The van der Waals surface area contributed by atoms with E-state index in [0.717, 1.165) is 31.8 Å². The number of thioether (sulfide) groups is 1. The minimum atomic E-state index is -0.674. The molecular weight excluding hydrogens is 614 g/mol. The number of imide groups is 1. The van der Waals surface area contributed by atoms with E-state index in [-0.39, 0.29) is 29.2 Å². The highest BCUT2D eigenvalue weighted by molar-refractivity contribution is 9.10. The molecule has 8 nitrogen and oxygen atoms in total. The van der Waals surface area contributed by atoms with Crippen LogP contribution in [0.2, 0.25) is 0 Å². The van der Waals surface area contributed by atoms with Crippen molar-refractivity contribution in [3.63, 3.8) is 0 Å². The van der Waals surface area contributed by atoms with Crippen LogP contribution >= 0.6 is 39.0 Å². The first-order chi connectivity index (χ1) is 19.3. The number of hydrogen-bond acceptors (Lipinski definition) is 7. The Labute approximate surface area is 245 Å². The Hall–Kier alpha value is -3.67. The van der Waals surface area contributed by atoms with Gasteiger partial charge in [0.15, 0.2) is 6.61 Å². The number of anilines is 2. The number of fused-ring (bicyclic) bond motifs is 2. The minimum absolute atomic E-state index is 0.170. The van der Waals surface area contributed by atoms with E-state index in [2.05, 4.69) is 26.2 Å². The van der Waals surface area contributed by atoms with E-state index in [1.807, 2.05) is 43.3 Å². The lowest BCUT2D eigenvalue weighted by Crippen LogP contribution is -2.32.